The van der Waals surface area contributed by atoms with Crippen LogP contribution in [-0.2, 0) is 0 Å². The molecule has 0 radical (unpaired) electrons. The third-order valence-corrected chi connectivity index (χ3v) is 6.54. The summed E-state index contributed by atoms with van der Waals surface area (Å²) in [5.41, 5.74) is -2.90. The van der Waals surface area contributed by atoms with Gasteiger partial charge in [-0.1, -0.05) is 31.4 Å². The van der Waals surface area contributed by atoms with E-state index in [9.17, 15) is 31.2 Å². The number of nitrogens with zero attached hydrogens (tertiary/aromatic N) is 6. The van der Waals surface area contributed by atoms with Gasteiger partial charge in [-0.05, 0) is 18.4 Å². The number of nitrogens with one attached hydrogen (secondary N) is 1. The average molecular weight is 411 g/mol. The zero-order chi connectivity index (χ0) is 22.2. The second-order valence-electron chi connectivity index (χ2n) is 7.99. The normalized spacial score (nSPS) is 30.1. The number of amidine groups is 1. The lowest BCUT2D eigenvalue weighted by Crippen LogP contribution is -2.30. The van der Waals surface area contributed by atoms with E-state index in [4.69, 9.17) is 4.99 Å². The third kappa shape index (κ3) is 2.61. The number of aliphatic imine (C=N–C) groups is 1. The molecule has 3 unspecified atom stereocenters. The van der Waals surface area contributed by atoms with E-state index in [1.807, 2.05) is 12.1 Å². The van der Waals surface area contributed by atoms with Crippen LogP contribution in [0.25, 0.3) is 0 Å². The highest BCUT2D eigenvalue weighted by Gasteiger charge is 2.87. The van der Waals surface area contributed by atoms with E-state index in [1.54, 1.807) is 6.07 Å². The molecular formula is C22H17N7O2. The summed E-state index contributed by atoms with van der Waals surface area (Å²) in [5, 5.41) is 53.7. The van der Waals surface area contributed by atoms with E-state index >= 15 is 0 Å². The lowest BCUT2D eigenvalue weighted by Gasteiger charge is -2.21. The van der Waals surface area contributed by atoms with Gasteiger partial charge in [0, 0.05) is 18.1 Å². The first-order valence-electron chi connectivity index (χ1n) is 9.97. The minimum absolute atomic E-state index is 0.0174. The summed E-state index contributed by atoms with van der Waals surface area (Å²) in [6.07, 6.45) is 4.87. The van der Waals surface area contributed by atoms with Crippen molar-refractivity contribution in [3.8, 4) is 24.3 Å². The van der Waals surface area contributed by atoms with Crippen LogP contribution >= 0.6 is 0 Å². The summed E-state index contributed by atoms with van der Waals surface area (Å²) in [6.45, 7) is 0. The second-order valence-corrected chi connectivity index (χ2v) is 7.99. The molecule has 1 heterocycles. The molecule has 2 saturated carbocycles. The highest BCUT2D eigenvalue weighted by atomic mass is 16.6. The molecule has 0 bridgehead atoms. The lowest BCUT2D eigenvalue weighted by atomic mass is 9.92. The number of fused-ring (bicyclic) bond motifs is 1. The van der Waals surface area contributed by atoms with Gasteiger partial charge in [0.2, 0.25) is 0 Å². The zero-order valence-electron chi connectivity index (χ0n) is 16.5. The van der Waals surface area contributed by atoms with Crippen molar-refractivity contribution >= 4 is 11.5 Å². The van der Waals surface area contributed by atoms with Gasteiger partial charge in [0.05, 0.1) is 28.8 Å². The molecule has 1 aliphatic heterocycles. The Balaban J connectivity index is 1.94. The Morgan fingerprint density at radius 1 is 1.10 bits per heavy atom. The van der Waals surface area contributed by atoms with E-state index in [1.165, 1.54) is 18.2 Å². The Morgan fingerprint density at radius 3 is 2.35 bits per heavy atom. The topological polar surface area (TPSA) is 163 Å². The molecule has 31 heavy (non-hydrogen) atoms. The number of benzene rings is 1. The summed E-state index contributed by atoms with van der Waals surface area (Å²) >= 11 is 0. The molecule has 4 rings (SSSR count). The van der Waals surface area contributed by atoms with Crippen molar-refractivity contribution in [3.63, 3.8) is 0 Å². The van der Waals surface area contributed by atoms with Crippen LogP contribution in [0.15, 0.2) is 40.5 Å². The Labute approximate surface area is 178 Å². The van der Waals surface area contributed by atoms with Crippen LogP contribution in [0.4, 0.5) is 5.69 Å². The van der Waals surface area contributed by atoms with Crippen LogP contribution in [0.1, 0.15) is 43.6 Å². The van der Waals surface area contributed by atoms with Gasteiger partial charge in [-0.15, -0.1) is 0 Å². The fraction of sp³-hybridized carbons (Fsp3) is 0.409. The van der Waals surface area contributed by atoms with Crippen molar-refractivity contribution in [2.24, 2.45) is 15.8 Å². The fourth-order valence-electron chi connectivity index (χ4n) is 5.11. The summed E-state index contributed by atoms with van der Waals surface area (Å²) in [7, 11) is 0. The molecule has 9 heteroatoms. The van der Waals surface area contributed by atoms with Crippen molar-refractivity contribution < 1.29 is 4.92 Å². The van der Waals surface area contributed by atoms with E-state index in [-0.39, 0.29) is 28.8 Å². The number of hydrogen-bond acceptors (Lipinski definition) is 7. The smallest absolute Gasteiger partial charge is 0.269 e. The molecule has 1 saturated heterocycles. The van der Waals surface area contributed by atoms with Gasteiger partial charge in [-0.25, -0.2) is 0 Å². The molecule has 3 fully saturated rings. The summed E-state index contributed by atoms with van der Waals surface area (Å²) < 4.78 is 0. The standard InChI is InChI=1S/C22H17N7O2/c23-10-15(11-24)19-21(12-25)18(14-5-4-8-17(9-14)29(30)31)22(21,13-26)20(28-19)27-16-6-2-1-3-7-16/h4-5,8-9,16,18H,1-3,6-7H2,(H,27,28). The van der Waals surface area contributed by atoms with Gasteiger partial charge >= 0.3 is 0 Å². The van der Waals surface area contributed by atoms with Crippen molar-refractivity contribution in [3.05, 3.63) is 51.2 Å². The van der Waals surface area contributed by atoms with E-state index in [2.05, 4.69) is 17.5 Å². The van der Waals surface area contributed by atoms with Crippen molar-refractivity contribution in [2.45, 2.75) is 44.1 Å². The molecule has 152 valence electrons. The quantitative estimate of drug-likeness (QED) is 0.453. The van der Waals surface area contributed by atoms with Crippen LogP contribution in [0.3, 0.4) is 0 Å². The van der Waals surface area contributed by atoms with Gasteiger partial charge in [0.1, 0.15) is 28.8 Å². The molecule has 1 aromatic rings. The fourth-order valence-corrected chi connectivity index (χ4v) is 5.11. The second kappa shape index (κ2) is 7.24. The summed E-state index contributed by atoms with van der Waals surface area (Å²) in [6, 6.07) is 13.8. The molecule has 3 aliphatic rings. The maximum absolute atomic E-state index is 11.3. The number of allylic oxidation sites excluding steroid dienone is 2. The number of nitro groups is 1. The van der Waals surface area contributed by atoms with E-state index < -0.39 is 21.7 Å². The number of piperidine rings is 1. The van der Waals surface area contributed by atoms with Crippen molar-refractivity contribution in [1.82, 2.24) is 5.32 Å². The number of nitriles is 4. The number of non-ortho nitro benzene ring substituents is 1. The first kappa shape index (κ1) is 20.1. The Hall–Kier alpha value is -4.21. The molecule has 0 spiro atoms. The predicted octanol–water partition coefficient (Wildman–Crippen LogP) is 3.35. The van der Waals surface area contributed by atoms with E-state index in [0.717, 1.165) is 32.1 Å². The van der Waals surface area contributed by atoms with Gasteiger partial charge in [0.15, 0.2) is 5.57 Å². The predicted molar refractivity (Wildman–Crippen MR) is 108 cm³/mol. The average Bonchev–Trinajstić information content (AvgIpc) is 3.33. The third-order valence-electron chi connectivity index (χ3n) is 6.54. The monoisotopic (exact) mass is 411 g/mol. The van der Waals surface area contributed by atoms with Crippen molar-refractivity contribution in [1.29, 1.82) is 21.0 Å². The van der Waals surface area contributed by atoms with Crippen molar-refractivity contribution in [2.75, 3.05) is 0 Å². The van der Waals surface area contributed by atoms with Gasteiger partial charge in [0.25, 0.3) is 5.69 Å². The first-order valence-corrected chi connectivity index (χ1v) is 9.97. The van der Waals surface area contributed by atoms with Gasteiger partial charge in [-0.2, -0.15) is 21.0 Å². The lowest BCUT2D eigenvalue weighted by molar-refractivity contribution is -0.384. The molecule has 3 atom stereocenters. The number of rotatable bonds is 3. The minimum atomic E-state index is -1.52. The van der Waals surface area contributed by atoms with Crippen LogP contribution in [0, 0.1) is 66.3 Å². The summed E-state index contributed by atoms with van der Waals surface area (Å²) in [4.78, 5) is 15.5. The molecular weight excluding hydrogens is 394 g/mol. The maximum Gasteiger partial charge on any atom is 0.269 e. The molecule has 0 aromatic heterocycles. The molecule has 0 amide bonds. The molecule has 1 N–H and O–H groups in total. The van der Waals surface area contributed by atoms with Gasteiger partial charge < -0.3 is 5.32 Å². The van der Waals surface area contributed by atoms with Crippen LogP contribution in [0.5, 0.6) is 0 Å². The highest BCUT2D eigenvalue weighted by molar-refractivity contribution is 6.05. The van der Waals surface area contributed by atoms with Gasteiger partial charge in [-0.3, -0.25) is 15.1 Å². The van der Waals surface area contributed by atoms with Crippen LogP contribution in [-0.4, -0.2) is 16.8 Å². The molecule has 1 aromatic carbocycles. The van der Waals surface area contributed by atoms with Crippen LogP contribution in [0.2, 0.25) is 0 Å². The minimum Gasteiger partial charge on any atom is -0.343 e. The first-order chi connectivity index (χ1) is 15.0. The molecule has 2 aliphatic carbocycles. The molecule has 9 nitrogen and oxygen atoms in total. The Morgan fingerprint density at radius 2 is 1.77 bits per heavy atom. The van der Waals surface area contributed by atoms with Crippen LogP contribution < -0.4 is 5.32 Å². The SMILES string of the molecule is N#CC(C#N)=C1NC(=NC2CCCCC2)C2(C#N)C(c3cccc([N+](=O)[O-])c3)C12C#N. The number of nitro benzene ring substituents is 1. The zero-order valence-corrected chi connectivity index (χ0v) is 16.5. The Bertz CT molecular complexity index is 1180. The number of hydrogen-bond donors (Lipinski definition) is 1. The highest BCUT2D eigenvalue weighted by Crippen LogP contribution is 2.80. The Kier molecular flexibility index (Phi) is 4.69. The summed E-state index contributed by atoms with van der Waals surface area (Å²) in [5.74, 6) is -0.497. The van der Waals surface area contributed by atoms with E-state index in [0.29, 0.717) is 5.56 Å². The largest absolute Gasteiger partial charge is 0.343 e. The maximum atomic E-state index is 11.3.